The van der Waals surface area contributed by atoms with Gasteiger partial charge in [0.1, 0.15) is 34.7 Å². The van der Waals surface area contributed by atoms with Gasteiger partial charge < -0.3 is 24.7 Å². The number of rotatable bonds is 7. The summed E-state index contributed by atoms with van der Waals surface area (Å²) in [5.74, 6) is 1.43. The predicted molar refractivity (Wildman–Crippen MR) is 132 cm³/mol. The molecule has 2 aromatic carbocycles. The molecule has 0 saturated carbocycles. The summed E-state index contributed by atoms with van der Waals surface area (Å²) in [5.41, 5.74) is 2.29. The van der Waals surface area contributed by atoms with Gasteiger partial charge >= 0.3 is 0 Å². The average Bonchev–Trinajstić information content (AvgIpc) is 3.42. The van der Waals surface area contributed by atoms with Crippen molar-refractivity contribution in [2.75, 3.05) is 18.4 Å². The Bertz CT molecular complexity index is 1260. The molecule has 4 aromatic rings. The molecule has 3 heterocycles. The lowest BCUT2D eigenvalue weighted by atomic mass is 10.1. The minimum atomic E-state index is -0.134. The summed E-state index contributed by atoms with van der Waals surface area (Å²) in [4.78, 5) is 14.1. The number of para-hydroxylation sites is 1. The van der Waals surface area contributed by atoms with Gasteiger partial charge in [-0.15, -0.1) is 11.3 Å². The van der Waals surface area contributed by atoms with Crippen LogP contribution in [0.2, 0.25) is 0 Å². The van der Waals surface area contributed by atoms with Gasteiger partial charge in [-0.2, -0.15) is 0 Å². The number of fused-ring (bicyclic) bond motifs is 1. The highest BCUT2D eigenvalue weighted by Gasteiger charge is 2.16. The Kier molecular flexibility index (Phi) is 6.32. The summed E-state index contributed by atoms with van der Waals surface area (Å²) in [5, 5.41) is 9.52. The molecule has 0 radical (unpaired) electrons. The van der Waals surface area contributed by atoms with Crippen LogP contribution < -0.4 is 20.1 Å². The van der Waals surface area contributed by atoms with Gasteiger partial charge in [0.25, 0.3) is 5.91 Å². The number of nitrogens with one attached hydrogen (secondary N) is 2. The summed E-state index contributed by atoms with van der Waals surface area (Å²) >= 11 is 1.63. The Labute approximate surface area is 197 Å². The molecule has 6 nitrogen and oxygen atoms in total. The van der Waals surface area contributed by atoms with Crippen molar-refractivity contribution in [3.8, 4) is 11.5 Å². The monoisotopic (exact) mass is 461 g/mol. The van der Waals surface area contributed by atoms with Crippen LogP contribution in [0.3, 0.4) is 0 Å². The first-order valence-electron chi connectivity index (χ1n) is 11.2. The second-order valence-electron chi connectivity index (χ2n) is 8.21. The first-order valence-corrected chi connectivity index (χ1v) is 12.1. The van der Waals surface area contributed by atoms with Crippen molar-refractivity contribution in [1.29, 1.82) is 0 Å². The van der Waals surface area contributed by atoms with Gasteiger partial charge in [-0.1, -0.05) is 24.3 Å². The Morgan fingerprint density at radius 3 is 2.76 bits per heavy atom. The molecule has 7 heteroatoms. The minimum Gasteiger partial charge on any atom is -0.490 e. The molecule has 1 aliphatic heterocycles. The van der Waals surface area contributed by atoms with Crippen LogP contribution in [0.4, 0.5) is 5.69 Å². The fourth-order valence-corrected chi connectivity index (χ4v) is 4.99. The molecule has 1 fully saturated rings. The van der Waals surface area contributed by atoms with Crippen LogP contribution in [0.5, 0.6) is 11.5 Å². The van der Waals surface area contributed by atoms with E-state index < -0.39 is 0 Å². The van der Waals surface area contributed by atoms with Crippen molar-refractivity contribution in [3.63, 3.8) is 0 Å². The summed E-state index contributed by atoms with van der Waals surface area (Å²) in [6.45, 7) is 2.32. The second kappa shape index (κ2) is 9.68. The molecule has 0 bridgehead atoms. The van der Waals surface area contributed by atoms with E-state index >= 15 is 0 Å². The molecular weight excluding hydrogens is 434 g/mol. The van der Waals surface area contributed by atoms with Crippen LogP contribution in [0, 0.1) is 0 Å². The van der Waals surface area contributed by atoms with E-state index in [0.29, 0.717) is 12.3 Å². The maximum absolute atomic E-state index is 13.0. The van der Waals surface area contributed by atoms with Crippen LogP contribution in [0.1, 0.15) is 28.9 Å². The first kappa shape index (κ1) is 21.6. The number of piperidine rings is 1. The Hall–Kier alpha value is -3.29. The molecular formula is C26H27N3O3S. The van der Waals surface area contributed by atoms with Gasteiger partial charge in [0.15, 0.2) is 0 Å². The van der Waals surface area contributed by atoms with E-state index in [1.807, 2.05) is 77.7 Å². The zero-order chi connectivity index (χ0) is 22.6. The van der Waals surface area contributed by atoms with Crippen molar-refractivity contribution in [2.45, 2.75) is 25.6 Å². The highest BCUT2D eigenvalue weighted by Crippen LogP contribution is 2.27. The number of amides is 1. The van der Waals surface area contributed by atoms with E-state index in [0.717, 1.165) is 58.9 Å². The van der Waals surface area contributed by atoms with Crippen LogP contribution in [0.15, 0.2) is 66.0 Å². The molecule has 0 atom stereocenters. The SMILES string of the molecule is Cn1c(C(=O)Nc2ccccc2COc2cccc(OC3CCNCC3)c2)cc2ccsc21. The van der Waals surface area contributed by atoms with Crippen molar-refractivity contribution in [1.82, 2.24) is 9.88 Å². The summed E-state index contributed by atoms with van der Waals surface area (Å²) in [7, 11) is 1.92. The minimum absolute atomic E-state index is 0.134. The fraction of sp³-hybridized carbons (Fsp3) is 0.269. The standard InChI is InChI=1S/C26H27N3O3S/c1-29-24(15-18-11-14-33-26(18)29)25(30)28-23-8-3-2-5-19(23)17-31-21-6-4-7-22(16-21)32-20-9-12-27-13-10-20/h2-8,11,14-16,20,27H,9-10,12-13,17H2,1H3,(H,28,30). The number of carbonyl (C=O) groups excluding carboxylic acids is 1. The Balaban J connectivity index is 1.25. The van der Waals surface area contributed by atoms with Gasteiger partial charge in [-0.3, -0.25) is 4.79 Å². The molecule has 0 unspecified atom stereocenters. The Morgan fingerprint density at radius 1 is 1.09 bits per heavy atom. The number of carbonyl (C=O) groups is 1. The lowest BCUT2D eigenvalue weighted by molar-refractivity contribution is 0.101. The van der Waals surface area contributed by atoms with Crippen LogP contribution in [-0.2, 0) is 13.7 Å². The topological polar surface area (TPSA) is 64.5 Å². The summed E-state index contributed by atoms with van der Waals surface area (Å²) in [6.07, 6.45) is 2.26. The van der Waals surface area contributed by atoms with Crippen molar-refractivity contribution < 1.29 is 14.3 Å². The first-order chi connectivity index (χ1) is 16.2. The number of anilines is 1. The van der Waals surface area contributed by atoms with E-state index in [4.69, 9.17) is 9.47 Å². The van der Waals surface area contributed by atoms with Crippen molar-refractivity contribution in [2.24, 2.45) is 7.05 Å². The third kappa shape index (κ3) is 4.89. The molecule has 170 valence electrons. The third-order valence-electron chi connectivity index (χ3n) is 5.92. The van der Waals surface area contributed by atoms with Crippen LogP contribution >= 0.6 is 11.3 Å². The lowest BCUT2D eigenvalue weighted by Crippen LogP contribution is -2.34. The molecule has 0 spiro atoms. The van der Waals surface area contributed by atoms with E-state index in [9.17, 15) is 4.79 Å². The number of thiophene rings is 1. The molecule has 2 aromatic heterocycles. The summed E-state index contributed by atoms with van der Waals surface area (Å²) < 4.78 is 14.1. The molecule has 0 aliphatic carbocycles. The average molecular weight is 462 g/mol. The van der Waals surface area contributed by atoms with E-state index in [1.54, 1.807) is 11.3 Å². The number of benzene rings is 2. The van der Waals surface area contributed by atoms with Gasteiger partial charge in [0.05, 0.1) is 0 Å². The normalized spacial score (nSPS) is 14.3. The van der Waals surface area contributed by atoms with Gasteiger partial charge in [-0.05, 0) is 61.6 Å². The maximum atomic E-state index is 13.0. The maximum Gasteiger partial charge on any atom is 0.272 e. The van der Waals surface area contributed by atoms with E-state index in [2.05, 4.69) is 10.6 Å². The van der Waals surface area contributed by atoms with Crippen molar-refractivity contribution >= 4 is 33.1 Å². The lowest BCUT2D eigenvalue weighted by Gasteiger charge is -2.24. The largest absolute Gasteiger partial charge is 0.490 e. The van der Waals surface area contributed by atoms with Crippen LogP contribution in [-0.4, -0.2) is 29.7 Å². The van der Waals surface area contributed by atoms with Gasteiger partial charge in [0.2, 0.25) is 0 Å². The zero-order valence-electron chi connectivity index (χ0n) is 18.5. The second-order valence-corrected chi connectivity index (χ2v) is 9.11. The predicted octanol–water partition coefficient (Wildman–Crippen LogP) is 5.20. The van der Waals surface area contributed by atoms with Crippen LogP contribution in [0.25, 0.3) is 10.2 Å². The molecule has 2 N–H and O–H groups in total. The van der Waals surface area contributed by atoms with Crippen molar-refractivity contribution in [3.05, 3.63) is 77.3 Å². The Morgan fingerprint density at radius 2 is 1.91 bits per heavy atom. The number of aryl methyl sites for hydroxylation is 1. The van der Waals surface area contributed by atoms with E-state index in [1.165, 1.54) is 0 Å². The number of nitrogens with zero attached hydrogens (tertiary/aromatic N) is 1. The molecule has 1 saturated heterocycles. The number of ether oxygens (including phenoxy) is 2. The fourth-order valence-electron chi connectivity index (χ4n) is 4.12. The number of aromatic nitrogens is 1. The molecule has 1 aliphatic rings. The number of hydrogen-bond acceptors (Lipinski definition) is 5. The zero-order valence-corrected chi connectivity index (χ0v) is 19.4. The van der Waals surface area contributed by atoms with E-state index in [-0.39, 0.29) is 12.0 Å². The third-order valence-corrected chi connectivity index (χ3v) is 6.92. The number of hydrogen-bond donors (Lipinski definition) is 2. The molecule has 1 amide bonds. The molecule has 33 heavy (non-hydrogen) atoms. The quantitative estimate of drug-likeness (QED) is 0.397. The van der Waals surface area contributed by atoms with Gasteiger partial charge in [0, 0.05) is 29.8 Å². The smallest absolute Gasteiger partial charge is 0.272 e. The van der Waals surface area contributed by atoms with Gasteiger partial charge in [-0.25, -0.2) is 0 Å². The highest BCUT2D eigenvalue weighted by molar-refractivity contribution is 7.16. The highest BCUT2D eigenvalue weighted by atomic mass is 32.1. The summed E-state index contributed by atoms with van der Waals surface area (Å²) in [6, 6.07) is 19.4. The molecule has 5 rings (SSSR count).